The fourth-order valence-corrected chi connectivity index (χ4v) is 1.25. The molecule has 0 aromatic heterocycles. The Morgan fingerprint density at radius 2 is 2.13 bits per heavy atom. The van der Waals surface area contributed by atoms with E-state index in [9.17, 15) is 0 Å². The van der Waals surface area contributed by atoms with Crippen molar-refractivity contribution < 1.29 is 9.47 Å². The lowest BCUT2D eigenvalue weighted by molar-refractivity contribution is 0.404. The molecule has 0 saturated heterocycles. The second-order valence-electron chi connectivity index (χ2n) is 2.81. The average Bonchev–Trinajstić information content (AvgIpc) is 2.29. The second-order valence-corrected chi connectivity index (χ2v) is 3.06. The quantitative estimate of drug-likeness (QED) is 0.839. The predicted octanol–water partition coefficient (Wildman–Crippen LogP) is 2.87. The zero-order valence-electron chi connectivity index (χ0n) is 8.79. The van der Waals surface area contributed by atoms with Gasteiger partial charge in [-0.25, -0.2) is 0 Å². The summed E-state index contributed by atoms with van der Waals surface area (Å²) < 4.78 is 10.3. The second kappa shape index (κ2) is 6.19. The molecule has 0 saturated carbocycles. The minimum Gasteiger partial charge on any atom is -0.497 e. The van der Waals surface area contributed by atoms with Crippen molar-refractivity contribution in [3.8, 4) is 11.5 Å². The maximum Gasteiger partial charge on any atom is 0.142 e. The van der Waals surface area contributed by atoms with Crippen molar-refractivity contribution in [3.63, 3.8) is 0 Å². The number of halogens is 1. The summed E-state index contributed by atoms with van der Waals surface area (Å²) in [5.74, 6) is 1.56. The Balaban J connectivity index is 2.81. The molecular formula is C11H14ClNO2. The van der Waals surface area contributed by atoms with Crippen LogP contribution in [-0.4, -0.2) is 20.8 Å². The van der Waals surface area contributed by atoms with Crippen molar-refractivity contribution in [2.24, 2.45) is 0 Å². The molecule has 0 aliphatic heterocycles. The summed E-state index contributed by atoms with van der Waals surface area (Å²) >= 11 is 5.42. The molecule has 0 heterocycles. The highest BCUT2D eigenvalue weighted by molar-refractivity contribution is 6.25. The van der Waals surface area contributed by atoms with Crippen LogP contribution in [0.5, 0.6) is 11.5 Å². The molecule has 15 heavy (non-hydrogen) atoms. The Labute approximate surface area is 94.6 Å². The van der Waals surface area contributed by atoms with Crippen molar-refractivity contribution in [1.82, 2.24) is 0 Å². The minimum atomic E-state index is 0.646. The van der Waals surface area contributed by atoms with Gasteiger partial charge in [0.1, 0.15) is 11.5 Å². The van der Waals surface area contributed by atoms with Crippen LogP contribution in [0.4, 0.5) is 5.69 Å². The third kappa shape index (κ3) is 3.36. The number of ether oxygens (including phenoxy) is 2. The third-order valence-electron chi connectivity index (χ3n) is 1.91. The van der Waals surface area contributed by atoms with Crippen LogP contribution in [0.1, 0.15) is 0 Å². The highest BCUT2D eigenvalue weighted by Gasteiger charge is 2.02. The number of anilines is 1. The van der Waals surface area contributed by atoms with Gasteiger partial charge in [0, 0.05) is 18.1 Å². The molecule has 82 valence electrons. The Morgan fingerprint density at radius 1 is 1.33 bits per heavy atom. The van der Waals surface area contributed by atoms with Crippen LogP contribution >= 0.6 is 11.6 Å². The molecule has 0 amide bonds. The predicted molar refractivity (Wildman–Crippen MR) is 63.0 cm³/mol. The number of benzene rings is 1. The third-order valence-corrected chi connectivity index (χ3v) is 2.08. The SMILES string of the molecule is COc1ccc(OC)c(NC/C=C/Cl)c1. The van der Waals surface area contributed by atoms with Crippen LogP contribution in [0.25, 0.3) is 0 Å². The number of methoxy groups -OCH3 is 2. The van der Waals surface area contributed by atoms with E-state index in [0.717, 1.165) is 17.2 Å². The summed E-state index contributed by atoms with van der Waals surface area (Å²) in [5, 5.41) is 3.16. The van der Waals surface area contributed by atoms with E-state index in [0.29, 0.717) is 6.54 Å². The molecule has 0 bridgehead atoms. The normalized spacial score (nSPS) is 10.3. The fraction of sp³-hybridized carbons (Fsp3) is 0.273. The molecule has 0 aliphatic carbocycles. The van der Waals surface area contributed by atoms with E-state index in [-0.39, 0.29) is 0 Å². The topological polar surface area (TPSA) is 30.5 Å². The van der Waals surface area contributed by atoms with Gasteiger partial charge in [0.15, 0.2) is 0 Å². The van der Waals surface area contributed by atoms with Gasteiger partial charge >= 0.3 is 0 Å². The Morgan fingerprint density at radius 3 is 2.73 bits per heavy atom. The van der Waals surface area contributed by atoms with Crippen LogP contribution in [0.3, 0.4) is 0 Å². The van der Waals surface area contributed by atoms with Crippen LogP contribution in [-0.2, 0) is 0 Å². The highest BCUT2D eigenvalue weighted by Crippen LogP contribution is 2.28. The average molecular weight is 228 g/mol. The number of nitrogens with one attached hydrogen (secondary N) is 1. The monoisotopic (exact) mass is 227 g/mol. The first kappa shape index (κ1) is 11.7. The van der Waals surface area contributed by atoms with Crippen molar-refractivity contribution in [2.45, 2.75) is 0 Å². The molecule has 0 spiro atoms. The van der Waals surface area contributed by atoms with Gasteiger partial charge in [0.25, 0.3) is 0 Å². The van der Waals surface area contributed by atoms with Crippen LogP contribution in [0, 0.1) is 0 Å². The van der Waals surface area contributed by atoms with Crippen molar-refractivity contribution in [2.75, 3.05) is 26.1 Å². The molecule has 0 atom stereocenters. The Bertz CT molecular complexity index is 339. The largest absolute Gasteiger partial charge is 0.497 e. The van der Waals surface area contributed by atoms with Crippen molar-refractivity contribution >= 4 is 17.3 Å². The zero-order valence-corrected chi connectivity index (χ0v) is 9.54. The van der Waals surface area contributed by atoms with Gasteiger partial charge < -0.3 is 14.8 Å². The van der Waals surface area contributed by atoms with Gasteiger partial charge in [-0.1, -0.05) is 17.7 Å². The zero-order chi connectivity index (χ0) is 11.1. The molecule has 0 aliphatic rings. The van der Waals surface area contributed by atoms with E-state index >= 15 is 0 Å². The first-order valence-electron chi connectivity index (χ1n) is 4.53. The summed E-state index contributed by atoms with van der Waals surface area (Å²) in [4.78, 5) is 0. The first-order valence-corrected chi connectivity index (χ1v) is 4.96. The molecule has 0 fully saturated rings. The van der Waals surface area contributed by atoms with Gasteiger partial charge in [0.2, 0.25) is 0 Å². The van der Waals surface area contributed by atoms with Crippen molar-refractivity contribution in [1.29, 1.82) is 0 Å². The summed E-state index contributed by atoms with van der Waals surface area (Å²) in [6, 6.07) is 5.58. The lowest BCUT2D eigenvalue weighted by Gasteiger charge is -2.11. The van der Waals surface area contributed by atoms with Gasteiger partial charge in [-0.2, -0.15) is 0 Å². The molecular weight excluding hydrogens is 214 g/mol. The summed E-state index contributed by atoms with van der Waals surface area (Å²) in [5.41, 5.74) is 2.35. The number of hydrogen-bond acceptors (Lipinski definition) is 3. The van der Waals surface area contributed by atoms with E-state index in [1.165, 1.54) is 5.54 Å². The molecule has 4 heteroatoms. The maximum atomic E-state index is 5.42. The molecule has 0 radical (unpaired) electrons. The van der Waals surface area contributed by atoms with E-state index < -0.39 is 0 Å². The molecule has 3 nitrogen and oxygen atoms in total. The summed E-state index contributed by atoms with van der Waals surface area (Å²) in [6.07, 6.45) is 1.81. The molecule has 1 aromatic carbocycles. The van der Waals surface area contributed by atoms with Crippen LogP contribution < -0.4 is 14.8 Å². The number of hydrogen-bond donors (Lipinski definition) is 1. The van der Waals surface area contributed by atoms with Gasteiger partial charge in [0.05, 0.1) is 19.9 Å². The Kier molecular flexibility index (Phi) is 4.84. The summed E-state index contributed by atoms with van der Waals surface area (Å²) in [6.45, 7) is 0.646. The van der Waals surface area contributed by atoms with E-state index in [1.807, 2.05) is 18.2 Å². The summed E-state index contributed by atoms with van der Waals surface area (Å²) in [7, 11) is 3.26. The maximum absolute atomic E-state index is 5.42. The van der Waals surface area contributed by atoms with E-state index in [2.05, 4.69) is 5.32 Å². The molecule has 0 unspecified atom stereocenters. The first-order chi connectivity index (χ1) is 7.31. The molecule has 1 rings (SSSR count). The van der Waals surface area contributed by atoms with Gasteiger partial charge in [-0.15, -0.1) is 0 Å². The Hall–Kier alpha value is -1.35. The fourth-order valence-electron chi connectivity index (χ4n) is 1.17. The van der Waals surface area contributed by atoms with Gasteiger partial charge in [-0.05, 0) is 12.1 Å². The number of rotatable bonds is 5. The minimum absolute atomic E-state index is 0.646. The van der Waals surface area contributed by atoms with E-state index in [4.69, 9.17) is 21.1 Å². The van der Waals surface area contributed by atoms with Crippen LogP contribution in [0.2, 0.25) is 0 Å². The highest BCUT2D eigenvalue weighted by atomic mass is 35.5. The van der Waals surface area contributed by atoms with Crippen molar-refractivity contribution in [3.05, 3.63) is 29.8 Å². The standard InChI is InChI=1S/C11H14ClNO2/c1-14-9-4-5-11(15-2)10(8-9)13-7-3-6-12/h3-6,8,13H,7H2,1-2H3/b6-3+. The lowest BCUT2D eigenvalue weighted by Crippen LogP contribution is -2.00. The van der Waals surface area contributed by atoms with Crippen LogP contribution in [0.15, 0.2) is 29.8 Å². The lowest BCUT2D eigenvalue weighted by atomic mass is 10.2. The van der Waals surface area contributed by atoms with Gasteiger partial charge in [-0.3, -0.25) is 0 Å². The molecule has 1 N–H and O–H groups in total. The van der Waals surface area contributed by atoms with E-state index in [1.54, 1.807) is 20.3 Å². The smallest absolute Gasteiger partial charge is 0.142 e. The molecule has 1 aromatic rings.